The van der Waals surface area contributed by atoms with E-state index in [0.717, 1.165) is 17.7 Å². The molecule has 0 aliphatic heterocycles. The summed E-state index contributed by atoms with van der Waals surface area (Å²) >= 11 is 0. The molecule has 1 rings (SSSR count). The fourth-order valence-electron chi connectivity index (χ4n) is 1.73. The van der Waals surface area contributed by atoms with Crippen molar-refractivity contribution >= 4 is 12.3 Å². The number of ether oxygens (including phenoxy) is 1. The Hall–Kier alpha value is -1.58. The molecule has 1 aromatic rings. The lowest BCUT2D eigenvalue weighted by atomic mass is 10.3. The molecule has 0 radical (unpaired) electrons. The van der Waals surface area contributed by atoms with Crippen molar-refractivity contribution in [2.24, 2.45) is 0 Å². The first-order valence-corrected chi connectivity index (χ1v) is 5.37. The maximum atomic E-state index is 11.2. The molecule has 1 heterocycles. The van der Waals surface area contributed by atoms with E-state index in [0.29, 0.717) is 25.1 Å². The Labute approximate surface area is 95.2 Å². The third-order valence-corrected chi connectivity index (χ3v) is 2.58. The maximum Gasteiger partial charge on any atom is 0.307 e. The molecular formula is C12H17NO3. The normalized spacial score (nSPS) is 10.2. The van der Waals surface area contributed by atoms with Gasteiger partial charge in [-0.05, 0) is 26.8 Å². The molecule has 0 aromatic carbocycles. The zero-order chi connectivity index (χ0) is 12.1. The number of carbonyl (C=O) groups is 2. The van der Waals surface area contributed by atoms with Crippen LogP contribution in [-0.2, 0) is 16.1 Å². The molecule has 16 heavy (non-hydrogen) atoms. The lowest BCUT2D eigenvalue weighted by molar-refractivity contribution is -0.143. The first-order valence-electron chi connectivity index (χ1n) is 5.37. The van der Waals surface area contributed by atoms with Gasteiger partial charge in [-0.25, -0.2) is 0 Å². The summed E-state index contributed by atoms with van der Waals surface area (Å²) < 4.78 is 6.81. The Morgan fingerprint density at radius 1 is 1.50 bits per heavy atom. The van der Waals surface area contributed by atoms with Crippen LogP contribution in [0.3, 0.4) is 0 Å². The van der Waals surface area contributed by atoms with E-state index < -0.39 is 0 Å². The molecule has 4 heteroatoms. The quantitative estimate of drug-likeness (QED) is 0.565. The minimum absolute atomic E-state index is 0.206. The van der Waals surface area contributed by atoms with Crippen LogP contribution in [0.4, 0.5) is 0 Å². The van der Waals surface area contributed by atoms with Gasteiger partial charge in [-0.2, -0.15) is 0 Å². The van der Waals surface area contributed by atoms with Gasteiger partial charge in [-0.3, -0.25) is 9.59 Å². The van der Waals surface area contributed by atoms with Crippen LogP contribution < -0.4 is 0 Å². The van der Waals surface area contributed by atoms with Gasteiger partial charge in [0.05, 0.1) is 13.0 Å². The minimum atomic E-state index is -0.206. The van der Waals surface area contributed by atoms with E-state index >= 15 is 0 Å². The predicted octanol–water partition coefficient (Wildman–Crippen LogP) is 1.87. The molecule has 0 bridgehead atoms. The van der Waals surface area contributed by atoms with Gasteiger partial charge in [0.2, 0.25) is 0 Å². The zero-order valence-corrected chi connectivity index (χ0v) is 9.95. The third kappa shape index (κ3) is 2.72. The van der Waals surface area contributed by atoms with E-state index in [1.54, 1.807) is 6.92 Å². The lowest BCUT2D eigenvalue weighted by Gasteiger charge is -2.08. The Morgan fingerprint density at radius 2 is 2.19 bits per heavy atom. The van der Waals surface area contributed by atoms with Crippen LogP contribution in [0.25, 0.3) is 0 Å². The van der Waals surface area contributed by atoms with Gasteiger partial charge in [0.15, 0.2) is 6.29 Å². The van der Waals surface area contributed by atoms with Gasteiger partial charge >= 0.3 is 5.97 Å². The van der Waals surface area contributed by atoms with Crippen LogP contribution in [0, 0.1) is 13.8 Å². The van der Waals surface area contributed by atoms with E-state index in [1.807, 2.05) is 24.5 Å². The molecule has 0 spiro atoms. The first-order chi connectivity index (χ1) is 7.60. The summed E-state index contributed by atoms with van der Waals surface area (Å²) in [6.07, 6.45) is 1.17. The van der Waals surface area contributed by atoms with Crippen molar-refractivity contribution in [2.75, 3.05) is 6.61 Å². The maximum absolute atomic E-state index is 11.2. The number of rotatable bonds is 5. The van der Waals surface area contributed by atoms with E-state index in [9.17, 15) is 9.59 Å². The summed E-state index contributed by atoms with van der Waals surface area (Å²) in [6, 6.07) is 1.83. The topological polar surface area (TPSA) is 48.3 Å². The molecule has 0 fully saturated rings. The molecule has 4 nitrogen and oxygen atoms in total. The highest BCUT2D eigenvalue weighted by Crippen LogP contribution is 2.13. The number of carbonyl (C=O) groups excluding carboxylic acids is 2. The van der Waals surface area contributed by atoms with Crippen molar-refractivity contribution in [2.45, 2.75) is 33.7 Å². The van der Waals surface area contributed by atoms with Crippen LogP contribution in [0.2, 0.25) is 0 Å². The van der Waals surface area contributed by atoms with Crippen molar-refractivity contribution in [3.05, 3.63) is 23.0 Å². The summed E-state index contributed by atoms with van der Waals surface area (Å²) in [7, 11) is 0. The van der Waals surface area contributed by atoms with Crippen LogP contribution in [-0.4, -0.2) is 23.4 Å². The van der Waals surface area contributed by atoms with Gasteiger partial charge in [-0.15, -0.1) is 0 Å². The van der Waals surface area contributed by atoms with Crippen LogP contribution in [0.5, 0.6) is 0 Å². The number of nitrogens with zero attached hydrogens (tertiary/aromatic N) is 1. The van der Waals surface area contributed by atoms with Gasteiger partial charge < -0.3 is 9.30 Å². The molecule has 1 aromatic heterocycles. The number of aromatic nitrogens is 1. The van der Waals surface area contributed by atoms with Crippen molar-refractivity contribution in [3.63, 3.8) is 0 Å². The second-order valence-corrected chi connectivity index (χ2v) is 3.65. The first kappa shape index (κ1) is 12.5. The molecule has 88 valence electrons. The van der Waals surface area contributed by atoms with Crippen molar-refractivity contribution in [1.82, 2.24) is 4.57 Å². The number of hydrogen-bond donors (Lipinski definition) is 0. The molecule has 0 unspecified atom stereocenters. The van der Waals surface area contributed by atoms with E-state index in [1.165, 1.54) is 0 Å². The highest BCUT2D eigenvalue weighted by Gasteiger charge is 2.09. The van der Waals surface area contributed by atoms with E-state index in [4.69, 9.17) is 4.74 Å². The van der Waals surface area contributed by atoms with Gasteiger partial charge in [0, 0.05) is 23.5 Å². The summed E-state index contributed by atoms with van der Waals surface area (Å²) in [6.45, 7) is 6.55. The largest absolute Gasteiger partial charge is 0.466 e. The molecule has 0 saturated heterocycles. The molecule has 0 saturated carbocycles. The highest BCUT2D eigenvalue weighted by molar-refractivity contribution is 5.77. The molecular weight excluding hydrogens is 206 g/mol. The summed E-state index contributed by atoms with van der Waals surface area (Å²) in [4.78, 5) is 21.9. The van der Waals surface area contributed by atoms with Gasteiger partial charge in [-0.1, -0.05) is 0 Å². The second kappa shape index (κ2) is 5.49. The van der Waals surface area contributed by atoms with Crippen LogP contribution in [0.1, 0.15) is 35.1 Å². The number of aryl methyl sites for hydroxylation is 1. The monoisotopic (exact) mass is 223 g/mol. The second-order valence-electron chi connectivity index (χ2n) is 3.65. The molecule has 0 atom stereocenters. The third-order valence-electron chi connectivity index (χ3n) is 2.58. The fourth-order valence-corrected chi connectivity index (χ4v) is 1.73. The molecule has 0 N–H and O–H groups in total. The van der Waals surface area contributed by atoms with E-state index in [-0.39, 0.29) is 5.97 Å². The average molecular weight is 223 g/mol. The van der Waals surface area contributed by atoms with Crippen molar-refractivity contribution in [3.8, 4) is 0 Å². The lowest BCUT2D eigenvalue weighted by Crippen LogP contribution is -2.10. The number of esters is 1. The Kier molecular flexibility index (Phi) is 4.28. The van der Waals surface area contributed by atoms with Crippen LogP contribution in [0.15, 0.2) is 6.07 Å². The molecule has 0 amide bonds. The average Bonchev–Trinajstić information content (AvgIpc) is 2.52. The van der Waals surface area contributed by atoms with E-state index in [2.05, 4.69) is 0 Å². The summed E-state index contributed by atoms with van der Waals surface area (Å²) in [5.74, 6) is -0.206. The molecule has 0 aliphatic rings. The fraction of sp³-hybridized carbons (Fsp3) is 0.500. The zero-order valence-electron chi connectivity index (χ0n) is 9.95. The Bertz CT molecular complexity index is 393. The van der Waals surface area contributed by atoms with Crippen molar-refractivity contribution < 1.29 is 14.3 Å². The number of aldehydes is 1. The summed E-state index contributed by atoms with van der Waals surface area (Å²) in [5, 5.41) is 0. The molecule has 0 aliphatic carbocycles. The smallest absolute Gasteiger partial charge is 0.307 e. The van der Waals surface area contributed by atoms with Gasteiger partial charge in [0.1, 0.15) is 0 Å². The predicted molar refractivity (Wildman–Crippen MR) is 60.5 cm³/mol. The Balaban J connectivity index is 2.70. The van der Waals surface area contributed by atoms with Crippen molar-refractivity contribution in [1.29, 1.82) is 0 Å². The Morgan fingerprint density at radius 3 is 2.69 bits per heavy atom. The summed E-state index contributed by atoms with van der Waals surface area (Å²) in [5.41, 5.74) is 2.57. The minimum Gasteiger partial charge on any atom is -0.466 e. The highest BCUT2D eigenvalue weighted by atomic mass is 16.5. The van der Waals surface area contributed by atoms with Gasteiger partial charge in [0.25, 0.3) is 0 Å². The van der Waals surface area contributed by atoms with Crippen LogP contribution >= 0.6 is 0 Å². The number of hydrogen-bond acceptors (Lipinski definition) is 3. The SMILES string of the molecule is CCOC(=O)CCn1c(C)cc(C=O)c1C. The standard InChI is InChI=1S/C12H17NO3/c1-4-16-12(15)5-6-13-9(2)7-11(8-14)10(13)3/h7-8H,4-6H2,1-3H3.